The Balaban J connectivity index is 1.67. The highest BCUT2D eigenvalue weighted by Crippen LogP contribution is 2.18. The summed E-state index contributed by atoms with van der Waals surface area (Å²) in [5, 5.41) is 5.39. The lowest BCUT2D eigenvalue weighted by Gasteiger charge is -2.18. The molecule has 20 heavy (non-hydrogen) atoms. The Morgan fingerprint density at radius 1 is 0.800 bits per heavy atom. The molecular weight excluding hydrogens is 242 g/mol. The molecule has 0 bridgehead atoms. The summed E-state index contributed by atoms with van der Waals surface area (Å²) in [7, 11) is 0. The van der Waals surface area contributed by atoms with Gasteiger partial charge in [0.15, 0.2) is 0 Å². The number of rotatable bonds is 3. The van der Waals surface area contributed by atoms with Gasteiger partial charge in [-0.2, -0.15) is 0 Å². The van der Waals surface area contributed by atoms with Crippen molar-refractivity contribution in [2.75, 3.05) is 0 Å². The van der Waals surface area contributed by atoms with E-state index in [1.807, 2.05) is 0 Å². The van der Waals surface area contributed by atoms with Gasteiger partial charge in [0.1, 0.15) is 6.54 Å². The topological polar surface area (TPSA) is 16.6 Å². The molecule has 2 N–H and O–H groups in total. The first-order valence-corrected chi connectivity index (χ1v) is 8.23. The van der Waals surface area contributed by atoms with Gasteiger partial charge in [-0.25, -0.2) is 0 Å². The fourth-order valence-electron chi connectivity index (χ4n) is 3.49. The van der Waals surface area contributed by atoms with Gasteiger partial charge in [0.25, 0.3) is 0 Å². The van der Waals surface area contributed by atoms with Crippen LogP contribution in [0.25, 0.3) is 10.8 Å². The number of hydrogen-bond acceptors (Lipinski definition) is 0. The molecule has 0 aromatic heterocycles. The van der Waals surface area contributed by atoms with Crippen molar-refractivity contribution in [3.05, 3.63) is 48.0 Å². The predicted molar refractivity (Wildman–Crippen MR) is 85.7 cm³/mol. The lowest BCUT2D eigenvalue weighted by atomic mass is 9.96. The Bertz CT molecular complexity index is 533. The van der Waals surface area contributed by atoms with Crippen LogP contribution < -0.4 is 5.32 Å². The monoisotopic (exact) mass is 268 g/mol. The Labute approximate surface area is 122 Å². The van der Waals surface area contributed by atoms with Gasteiger partial charge in [0.2, 0.25) is 0 Å². The van der Waals surface area contributed by atoms with E-state index in [1.165, 1.54) is 61.3 Å². The number of benzene rings is 2. The molecule has 2 aromatic rings. The third-order valence-corrected chi connectivity index (χ3v) is 4.70. The van der Waals surface area contributed by atoms with Gasteiger partial charge < -0.3 is 5.32 Å². The van der Waals surface area contributed by atoms with Crippen LogP contribution in [0.3, 0.4) is 0 Å². The quantitative estimate of drug-likeness (QED) is 0.866. The van der Waals surface area contributed by atoms with Crippen LogP contribution in [0, 0.1) is 0 Å². The highest BCUT2D eigenvalue weighted by Gasteiger charge is 2.14. The minimum Gasteiger partial charge on any atom is -0.340 e. The maximum absolute atomic E-state index is 2.59. The lowest BCUT2D eigenvalue weighted by molar-refractivity contribution is -0.705. The summed E-state index contributed by atoms with van der Waals surface area (Å²) in [4.78, 5) is 0. The lowest BCUT2D eigenvalue weighted by Crippen LogP contribution is -2.88. The van der Waals surface area contributed by atoms with E-state index in [9.17, 15) is 0 Å². The van der Waals surface area contributed by atoms with Crippen LogP contribution in [0.5, 0.6) is 0 Å². The summed E-state index contributed by atoms with van der Waals surface area (Å²) < 4.78 is 0. The summed E-state index contributed by atoms with van der Waals surface area (Å²) in [6.07, 6.45) is 10.0. The van der Waals surface area contributed by atoms with Crippen molar-refractivity contribution in [2.24, 2.45) is 0 Å². The third-order valence-electron chi connectivity index (χ3n) is 4.70. The maximum Gasteiger partial charge on any atom is 0.102 e. The summed E-state index contributed by atoms with van der Waals surface area (Å²) in [6.45, 7) is 1.13. The minimum atomic E-state index is 0.842. The molecule has 0 spiro atoms. The zero-order valence-corrected chi connectivity index (χ0v) is 12.4. The first-order valence-electron chi connectivity index (χ1n) is 8.23. The van der Waals surface area contributed by atoms with E-state index in [1.54, 1.807) is 0 Å². The molecule has 3 rings (SSSR count). The van der Waals surface area contributed by atoms with Crippen LogP contribution >= 0.6 is 0 Å². The smallest absolute Gasteiger partial charge is 0.102 e. The molecule has 0 heterocycles. The number of quaternary nitrogens is 1. The Morgan fingerprint density at radius 2 is 1.50 bits per heavy atom. The summed E-state index contributed by atoms with van der Waals surface area (Å²) in [5.74, 6) is 0. The second kappa shape index (κ2) is 6.90. The molecule has 0 atom stereocenters. The van der Waals surface area contributed by atoms with Gasteiger partial charge in [0.05, 0.1) is 6.04 Å². The molecule has 1 fully saturated rings. The fourth-order valence-corrected chi connectivity index (χ4v) is 3.49. The highest BCUT2D eigenvalue weighted by molar-refractivity contribution is 5.85. The second-order valence-corrected chi connectivity index (χ2v) is 6.18. The highest BCUT2D eigenvalue weighted by atomic mass is 14.9. The minimum absolute atomic E-state index is 0.842. The Hall–Kier alpha value is -1.34. The fraction of sp³-hybridized carbons (Fsp3) is 0.474. The third kappa shape index (κ3) is 3.40. The number of fused-ring (bicyclic) bond motifs is 1. The zero-order chi connectivity index (χ0) is 13.6. The number of hydrogen-bond donors (Lipinski definition) is 1. The first kappa shape index (κ1) is 13.6. The van der Waals surface area contributed by atoms with Crippen LogP contribution in [0.2, 0.25) is 0 Å². The van der Waals surface area contributed by atoms with Gasteiger partial charge >= 0.3 is 0 Å². The van der Waals surface area contributed by atoms with Crippen molar-refractivity contribution in [1.82, 2.24) is 0 Å². The first-order chi connectivity index (χ1) is 9.93. The van der Waals surface area contributed by atoms with Gasteiger partial charge in [0, 0.05) is 5.56 Å². The van der Waals surface area contributed by atoms with Crippen LogP contribution in [0.4, 0.5) is 0 Å². The molecule has 0 aliphatic heterocycles. The van der Waals surface area contributed by atoms with Crippen molar-refractivity contribution in [1.29, 1.82) is 0 Å². The zero-order valence-electron chi connectivity index (χ0n) is 12.4. The second-order valence-electron chi connectivity index (χ2n) is 6.18. The molecule has 106 valence electrons. The van der Waals surface area contributed by atoms with Crippen molar-refractivity contribution in [3.8, 4) is 0 Å². The van der Waals surface area contributed by atoms with Crippen molar-refractivity contribution in [2.45, 2.75) is 57.5 Å². The molecule has 2 aromatic carbocycles. The van der Waals surface area contributed by atoms with E-state index < -0.39 is 0 Å². The molecule has 1 aliphatic rings. The van der Waals surface area contributed by atoms with Crippen LogP contribution in [0.1, 0.15) is 50.5 Å². The molecule has 0 radical (unpaired) electrons. The maximum atomic E-state index is 2.59. The molecule has 1 aliphatic carbocycles. The van der Waals surface area contributed by atoms with E-state index >= 15 is 0 Å². The predicted octanol–water partition coefficient (Wildman–Crippen LogP) is 4.02. The van der Waals surface area contributed by atoms with E-state index in [-0.39, 0.29) is 0 Å². The molecule has 0 saturated heterocycles. The summed E-state index contributed by atoms with van der Waals surface area (Å²) >= 11 is 0. The Morgan fingerprint density at radius 3 is 2.35 bits per heavy atom. The normalized spacial score (nSPS) is 17.8. The molecule has 0 unspecified atom stereocenters. The van der Waals surface area contributed by atoms with E-state index in [4.69, 9.17) is 0 Å². The molecular formula is C19H26N+. The average Bonchev–Trinajstić information content (AvgIpc) is 2.46. The average molecular weight is 268 g/mol. The van der Waals surface area contributed by atoms with Gasteiger partial charge in [-0.3, -0.25) is 0 Å². The summed E-state index contributed by atoms with van der Waals surface area (Å²) in [5.41, 5.74) is 1.49. The van der Waals surface area contributed by atoms with Crippen LogP contribution in [-0.2, 0) is 6.54 Å². The molecule has 0 amide bonds. The van der Waals surface area contributed by atoms with Gasteiger partial charge in [-0.05, 0) is 36.5 Å². The van der Waals surface area contributed by atoms with Gasteiger partial charge in [-0.15, -0.1) is 0 Å². The molecule has 1 nitrogen and oxygen atoms in total. The summed E-state index contributed by atoms with van der Waals surface area (Å²) in [6, 6.07) is 16.3. The molecule has 1 heteroatoms. The van der Waals surface area contributed by atoms with Crippen molar-refractivity contribution < 1.29 is 5.32 Å². The standard InChI is InChI=1S/C19H25N/c1-2-4-12-18(13-5-3-1)20-15-17-11-8-10-16-9-6-7-14-19(16)17/h6-11,14,18,20H,1-5,12-13,15H2/p+1. The van der Waals surface area contributed by atoms with Crippen molar-refractivity contribution in [3.63, 3.8) is 0 Å². The van der Waals surface area contributed by atoms with Crippen LogP contribution in [0.15, 0.2) is 42.5 Å². The van der Waals surface area contributed by atoms with E-state index in [0.29, 0.717) is 0 Å². The largest absolute Gasteiger partial charge is 0.340 e. The molecule has 1 saturated carbocycles. The van der Waals surface area contributed by atoms with Crippen molar-refractivity contribution >= 4 is 10.8 Å². The van der Waals surface area contributed by atoms with Gasteiger partial charge in [-0.1, -0.05) is 61.7 Å². The Kier molecular flexibility index (Phi) is 4.70. The SMILES string of the molecule is c1ccc2c(C[NH2+]C3CCCCCCC3)cccc2c1. The van der Waals surface area contributed by atoms with E-state index in [2.05, 4.69) is 47.8 Å². The van der Waals surface area contributed by atoms with E-state index in [0.717, 1.165) is 12.6 Å². The van der Waals surface area contributed by atoms with Crippen LogP contribution in [-0.4, -0.2) is 6.04 Å². The number of nitrogens with two attached hydrogens (primary N) is 1.